The number of amides is 1. The van der Waals surface area contributed by atoms with Crippen LogP contribution in [0.5, 0.6) is 11.5 Å². The molecule has 1 fully saturated rings. The van der Waals surface area contributed by atoms with Gasteiger partial charge in [-0.2, -0.15) is 0 Å². The monoisotopic (exact) mass is 359 g/mol. The van der Waals surface area contributed by atoms with Crippen LogP contribution in [0.4, 0.5) is 0 Å². The number of esters is 1. The molecule has 1 amide bonds. The minimum Gasteiger partial charge on any atom is -0.493 e. The largest absolute Gasteiger partial charge is 0.493 e. The third kappa shape index (κ3) is 4.18. The van der Waals surface area contributed by atoms with Crippen LogP contribution in [0, 0.1) is 17.8 Å². The molecule has 0 aromatic heterocycles. The quantitative estimate of drug-likeness (QED) is 0.568. The number of methoxy groups -OCH3 is 2. The number of carbonyl (C=O) groups is 2. The van der Waals surface area contributed by atoms with Gasteiger partial charge < -0.3 is 19.5 Å². The van der Waals surface area contributed by atoms with Gasteiger partial charge >= 0.3 is 5.97 Å². The van der Waals surface area contributed by atoms with E-state index in [1.165, 1.54) is 0 Å². The van der Waals surface area contributed by atoms with Gasteiger partial charge in [-0.15, -0.1) is 0 Å². The van der Waals surface area contributed by atoms with Gasteiger partial charge in [-0.1, -0.05) is 18.2 Å². The highest BCUT2D eigenvalue weighted by molar-refractivity contribution is 5.81. The molecule has 2 bridgehead atoms. The molecule has 0 saturated heterocycles. The number of rotatable bonds is 8. The molecule has 6 nitrogen and oxygen atoms in total. The molecule has 2 aliphatic rings. The number of carbonyl (C=O) groups excluding carboxylic acids is 2. The number of hydrogen-bond acceptors (Lipinski definition) is 5. The van der Waals surface area contributed by atoms with E-state index >= 15 is 0 Å². The molecule has 0 unspecified atom stereocenters. The maximum Gasteiger partial charge on any atom is 0.310 e. The molecule has 140 valence electrons. The van der Waals surface area contributed by atoms with Crippen molar-refractivity contribution in [3.05, 3.63) is 35.9 Å². The first-order valence-electron chi connectivity index (χ1n) is 8.93. The van der Waals surface area contributed by atoms with E-state index in [9.17, 15) is 9.59 Å². The Morgan fingerprint density at radius 1 is 1.12 bits per heavy atom. The third-order valence-corrected chi connectivity index (χ3v) is 5.11. The van der Waals surface area contributed by atoms with Gasteiger partial charge in [-0.25, -0.2) is 0 Å². The van der Waals surface area contributed by atoms with Crippen LogP contribution in [0.2, 0.25) is 0 Å². The van der Waals surface area contributed by atoms with Crippen LogP contribution in [-0.4, -0.2) is 39.2 Å². The van der Waals surface area contributed by atoms with Crippen LogP contribution in [0.1, 0.15) is 18.4 Å². The van der Waals surface area contributed by atoms with E-state index in [1.54, 1.807) is 14.2 Å². The predicted octanol–water partition coefficient (Wildman–Crippen LogP) is 2.12. The van der Waals surface area contributed by atoms with E-state index < -0.39 is 0 Å². The second kappa shape index (κ2) is 8.25. The molecule has 1 N–H and O–H groups in total. The summed E-state index contributed by atoms with van der Waals surface area (Å²) >= 11 is 0. The molecule has 0 radical (unpaired) electrons. The fourth-order valence-electron chi connectivity index (χ4n) is 3.73. The molecule has 3 rings (SSSR count). The maximum atomic E-state index is 12.1. The highest BCUT2D eigenvalue weighted by Gasteiger charge is 2.40. The standard InChI is InChI=1S/C20H25NO5/c1-24-17-6-4-13(11-18(17)25-2)7-8-21-19(22)12-26-20(23)16-10-14-3-5-15(16)9-14/h3-6,11,14-16H,7-10,12H2,1-2H3,(H,21,22)/t14-,15-,16-/m0/s1. The lowest BCUT2D eigenvalue weighted by molar-refractivity contribution is -0.153. The molecular weight excluding hydrogens is 334 g/mol. The summed E-state index contributed by atoms with van der Waals surface area (Å²) in [4.78, 5) is 24.0. The van der Waals surface area contributed by atoms with E-state index in [0.717, 1.165) is 18.4 Å². The van der Waals surface area contributed by atoms with Crippen LogP contribution in [0.3, 0.4) is 0 Å². The second-order valence-electron chi connectivity index (χ2n) is 6.78. The van der Waals surface area contributed by atoms with Crippen LogP contribution < -0.4 is 14.8 Å². The van der Waals surface area contributed by atoms with Gasteiger partial charge in [-0.05, 0) is 48.8 Å². The van der Waals surface area contributed by atoms with Crippen molar-refractivity contribution < 1.29 is 23.8 Å². The van der Waals surface area contributed by atoms with Crippen LogP contribution in [-0.2, 0) is 20.7 Å². The predicted molar refractivity (Wildman–Crippen MR) is 96.1 cm³/mol. The smallest absolute Gasteiger partial charge is 0.310 e. The molecule has 1 aromatic rings. The molecule has 0 spiro atoms. The lowest BCUT2D eigenvalue weighted by atomic mass is 9.94. The Bertz CT molecular complexity index is 699. The van der Waals surface area contributed by atoms with Gasteiger partial charge in [0.2, 0.25) is 0 Å². The van der Waals surface area contributed by atoms with E-state index in [-0.39, 0.29) is 24.4 Å². The van der Waals surface area contributed by atoms with Crippen LogP contribution in [0.25, 0.3) is 0 Å². The molecule has 1 saturated carbocycles. The summed E-state index contributed by atoms with van der Waals surface area (Å²) in [5.74, 6) is 1.51. The zero-order valence-electron chi connectivity index (χ0n) is 15.2. The first-order chi connectivity index (χ1) is 12.6. The normalized spacial score (nSPS) is 22.9. The summed E-state index contributed by atoms with van der Waals surface area (Å²) in [5, 5.41) is 2.77. The van der Waals surface area contributed by atoms with Gasteiger partial charge in [0.1, 0.15) is 0 Å². The van der Waals surface area contributed by atoms with E-state index in [0.29, 0.717) is 36.3 Å². The van der Waals surface area contributed by atoms with Crippen molar-refractivity contribution >= 4 is 11.9 Å². The van der Waals surface area contributed by atoms with Gasteiger partial charge in [0.25, 0.3) is 5.91 Å². The summed E-state index contributed by atoms with van der Waals surface area (Å²) in [7, 11) is 3.18. The van der Waals surface area contributed by atoms with Crippen LogP contribution >= 0.6 is 0 Å². The number of fused-ring (bicyclic) bond motifs is 2. The van der Waals surface area contributed by atoms with Crippen molar-refractivity contribution in [3.63, 3.8) is 0 Å². The molecule has 3 atom stereocenters. The molecule has 26 heavy (non-hydrogen) atoms. The Kier molecular flexibility index (Phi) is 5.81. The summed E-state index contributed by atoms with van der Waals surface area (Å²) in [6, 6.07) is 5.64. The summed E-state index contributed by atoms with van der Waals surface area (Å²) < 4.78 is 15.7. The number of ether oxygens (including phenoxy) is 3. The van der Waals surface area contributed by atoms with Crippen molar-refractivity contribution in [2.45, 2.75) is 19.3 Å². The van der Waals surface area contributed by atoms with E-state index in [4.69, 9.17) is 14.2 Å². The fraction of sp³-hybridized carbons (Fsp3) is 0.500. The number of benzene rings is 1. The van der Waals surface area contributed by atoms with E-state index in [1.807, 2.05) is 18.2 Å². The van der Waals surface area contributed by atoms with Gasteiger partial charge in [-0.3, -0.25) is 9.59 Å². The Morgan fingerprint density at radius 2 is 1.92 bits per heavy atom. The zero-order chi connectivity index (χ0) is 18.5. The second-order valence-corrected chi connectivity index (χ2v) is 6.78. The Balaban J connectivity index is 1.38. The number of allylic oxidation sites excluding steroid dienone is 2. The van der Waals surface area contributed by atoms with Crippen molar-refractivity contribution in [1.82, 2.24) is 5.32 Å². The summed E-state index contributed by atoms with van der Waals surface area (Å²) in [6.45, 7) is 0.241. The lowest BCUT2D eigenvalue weighted by Gasteiger charge is -2.16. The fourth-order valence-corrected chi connectivity index (χ4v) is 3.73. The number of nitrogens with one attached hydrogen (secondary N) is 1. The Morgan fingerprint density at radius 3 is 2.58 bits per heavy atom. The number of hydrogen-bond donors (Lipinski definition) is 1. The SMILES string of the molecule is COc1ccc(CCNC(=O)COC(=O)[C@H]2C[C@H]3C=C[C@H]2C3)cc1OC. The van der Waals surface area contributed by atoms with Crippen molar-refractivity contribution in [3.8, 4) is 11.5 Å². The Hall–Kier alpha value is -2.50. The molecule has 6 heteroatoms. The highest BCUT2D eigenvalue weighted by atomic mass is 16.5. The lowest BCUT2D eigenvalue weighted by Crippen LogP contribution is -2.32. The molecule has 1 aromatic carbocycles. The van der Waals surface area contributed by atoms with Crippen molar-refractivity contribution in [2.75, 3.05) is 27.4 Å². The van der Waals surface area contributed by atoms with Crippen molar-refractivity contribution in [2.24, 2.45) is 17.8 Å². The summed E-state index contributed by atoms with van der Waals surface area (Å²) in [5.41, 5.74) is 1.02. The first-order valence-corrected chi connectivity index (χ1v) is 8.93. The first kappa shape index (κ1) is 18.3. The molecule has 0 heterocycles. The van der Waals surface area contributed by atoms with Gasteiger partial charge in [0.15, 0.2) is 18.1 Å². The topological polar surface area (TPSA) is 73.9 Å². The third-order valence-electron chi connectivity index (χ3n) is 5.11. The van der Waals surface area contributed by atoms with Crippen molar-refractivity contribution in [1.29, 1.82) is 0 Å². The molecule has 2 aliphatic carbocycles. The molecule has 0 aliphatic heterocycles. The average molecular weight is 359 g/mol. The van der Waals surface area contributed by atoms with Gasteiger partial charge in [0.05, 0.1) is 20.1 Å². The minimum atomic E-state index is -0.280. The summed E-state index contributed by atoms with van der Waals surface area (Å²) in [6.07, 6.45) is 6.81. The Labute approximate surface area is 153 Å². The zero-order valence-corrected chi connectivity index (χ0v) is 15.2. The average Bonchev–Trinajstić information content (AvgIpc) is 3.29. The van der Waals surface area contributed by atoms with E-state index in [2.05, 4.69) is 17.5 Å². The van der Waals surface area contributed by atoms with Crippen LogP contribution in [0.15, 0.2) is 30.4 Å². The highest BCUT2D eigenvalue weighted by Crippen LogP contribution is 2.43. The molecular formula is C20H25NO5. The van der Waals surface area contributed by atoms with Gasteiger partial charge in [0, 0.05) is 6.54 Å². The minimum absolute atomic E-state index is 0.0791. The maximum absolute atomic E-state index is 12.1.